The van der Waals surface area contributed by atoms with Crippen molar-refractivity contribution in [3.63, 3.8) is 0 Å². The van der Waals surface area contributed by atoms with Crippen molar-refractivity contribution >= 4 is 5.78 Å². The number of carbonyl (C=O) groups is 1. The second-order valence-corrected chi connectivity index (χ2v) is 4.61. The van der Waals surface area contributed by atoms with Gasteiger partial charge in [-0.2, -0.15) is 0 Å². The molecule has 0 saturated heterocycles. The number of ketones is 1. The molecule has 0 aliphatic carbocycles. The van der Waals surface area contributed by atoms with E-state index in [0.717, 1.165) is 6.07 Å². The molecule has 0 amide bonds. The summed E-state index contributed by atoms with van der Waals surface area (Å²) in [7, 11) is 1.40. The lowest BCUT2D eigenvalue weighted by atomic mass is 9.96. The van der Waals surface area contributed by atoms with E-state index in [1.54, 1.807) is 19.9 Å². The molecule has 0 aromatic heterocycles. The predicted octanol–water partition coefficient (Wildman–Crippen LogP) is 3.82. The Labute approximate surface area is 116 Å². The number of methoxy groups -OCH3 is 1. The van der Waals surface area contributed by atoms with E-state index in [0.29, 0.717) is 16.9 Å². The van der Waals surface area contributed by atoms with Crippen LogP contribution in [-0.4, -0.2) is 12.9 Å². The summed E-state index contributed by atoms with van der Waals surface area (Å²) in [5.41, 5.74) is 0.936. The van der Waals surface area contributed by atoms with E-state index in [2.05, 4.69) is 0 Å². The molecule has 0 radical (unpaired) electrons. The van der Waals surface area contributed by atoms with Crippen LogP contribution in [0, 0.1) is 25.5 Å². The van der Waals surface area contributed by atoms with Gasteiger partial charge in [-0.05, 0) is 43.2 Å². The normalized spacial score (nSPS) is 10.4. The van der Waals surface area contributed by atoms with E-state index in [1.165, 1.54) is 25.3 Å². The molecule has 0 bridgehead atoms. The molecule has 0 fully saturated rings. The molecule has 0 heterocycles. The number of benzene rings is 2. The van der Waals surface area contributed by atoms with Crippen molar-refractivity contribution in [2.45, 2.75) is 13.8 Å². The van der Waals surface area contributed by atoms with Gasteiger partial charge in [0.05, 0.1) is 18.2 Å². The summed E-state index contributed by atoms with van der Waals surface area (Å²) < 4.78 is 32.7. The van der Waals surface area contributed by atoms with Gasteiger partial charge in [-0.3, -0.25) is 4.79 Å². The number of aryl methyl sites for hydroxylation is 2. The minimum atomic E-state index is -0.728. The first-order valence-electron chi connectivity index (χ1n) is 6.09. The van der Waals surface area contributed by atoms with Gasteiger partial charge in [0, 0.05) is 6.07 Å². The lowest BCUT2D eigenvalue weighted by Crippen LogP contribution is -2.09. The zero-order valence-corrected chi connectivity index (χ0v) is 11.5. The van der Waals surface area contributed by atoms with Gasteiger partial charge in [-0.15, -0.1) is 0 Å². The Morgan fingerprint density at radius 2 is 1.75 bits per heavy atom. The van der Waals surface area contributed by atoms with Crippen LogP contribution >= 0.6 is 0 Å². The lowest BCUT2D eigenvalue weighted by molar-refractivity contribution is 0.103. The third-order valence-electron chi connectivity index (χ3n) is 3.08. The first-order chi connectivity index (χ1) is 9.43. The largest absolute Gasteiger partial charge is 0.497 e. The van der Waals surface area contributed by atoms with Gasteiger partial charge < -0.3 is 4.74 Å². The average Bonchev–Trinajstić information content (AvgIpc) is 2.37. The monoisotopic (exact) mass is 276 g/mol. The molecule has 0 saturated carbocycles. The number of hydrogen-bond acceptors (Lipinski definition) is 2. The van der Waals surface area contributed by atoms with Gasteiger partial charge in [0.25, 0.3) is 0 Å². The van der Waals surface area contributed by atoms with E-state index in [9.17, 15) is 13.6 Å². The van der Waals surface area contributed by atoms with Gasteiger partial charge >= 0.3 is 0 Å². The van der Waals surface area contributed by atoms with Crippen LogP contribution < -0.4 is 4.74 Å². The highest BCUT2D eigenvalue weighted by atomic mass is 19.1. The Bertz CT molecular complexity index is 655. The summed E-state index contributed by atoms with van der Waals surface area (Å²) in [4.78, 5) is 12.3. The van der Waals surface area contributed by atoms with Crippen LogP contribution in [0.2, 0.25) is 0 Å². The topological polar surface area (TPSA) is 26.3 Å². The lowest BCUT2D eigenvalue weighted by Gasteiger charge is -2.09. The summed E-state index contributed by atoms with van der Waals surface area (Å²) in [6, 6.07) is 6.83. The fourth-order valence-electron chi connectivity index (χ4n) is 2.14. The number of ether oxygens (including phenoxy) is 1. The number of rotatable bonds is 3. The molecule has 104 valence electrons. The van der Waals surface area contributed by atoms with Crippen molar-refractivity contribution < 1.29 is 18.3 Å². The highest BCUT2D eigenvalue weighted by Crippen LogP contribution is 2.23. The molecular formula is C16H14F2O2. The second kappa shape index (κ2) is 5.41. The van der Waals surface area contributed by atoms with E-state index >= 15 is 0 Å². The van der Waals surface area contributed by atoms with Gasteiger partial charge in [-0.1, -0.05) is 6.07 Å². The summed E-state index contributed by atoms with van der Waals surface area (Å²) in [5.74, 6) is -1.73. The molecule has 0 N–H and O–H groups in total. The molecule has 0 aliphatic heterocycles. The Kier molecular flexibility index (Phi) is 3.84. The quantitative estimate of drug-likeness (QED) is 0.797. The SMILES string of the molecule is COc1ccc(C(=O)c2c(C)cc(C)cc2F)c(F)c1. The zero-order valence-electron chi connectivity index (χ0n) is 11.5. The summed E-state index contributed by atoms with van der Waals surface area (Å²) in [6.07, 6.45) is 0. The van der Waals surface area contributed by atoms with Gasteiger partial charge in [-0.25, -0.2) is 8.78 Å². The summed E-state index contributed by atoms with van der Waals surface area (Å²) in [5, 5.41) is 0. The third kappa shape index (κ3) is 2.54. The zero-order chi connectivity index (χ0) is 14.9. The fourth-order valence-corrected chi connectivity index (χ4v) is 2.14. The molecule has 20 heavy (non-hydrogen) atoms. The first-order valence-corrected chi connectivity index (χ1v) is 6.09. The van der Waals surface area contributed by atoms with Crippen LogP contribution in [0.15, 0.2) is 30.3 Å². The van der Waals surface area contributed by atoms with Crippen LogP contribution in [0.3, 0.4) is 0 Å². The van der Waals surface area contributed by atoms with Gasteiger partial charge in [0.1, 0.15) is 17.4 Å². The van der Waals surface area contributed by atoms with Crippen molar-refractivity contribution in [3.8, 4) is 5.75 Å². The van der Waals surface area contributed by atoms with Crippen LogP contribution in [0.5, 0.6) is 5.75 Å². The molecule has 0 unspecified atom stereocenters. The smallest absolute Gasteiger partial charge is 0.199 e. The van der Waals surface area contributed by atoms with Crippen molar-refractivity contribution in [3.05, 3.63) is 64.2 Å². The third-order valence-corrected chi connectivity index (χ3v) is 3.08. The Balaban J connectivity index is 2.52. The van der Waals surface area contributed by atoms with E-state index in [4.69, 9.17) is 4.74 Å². The minimum Gasteiger partial charge on any atom is -0.497 e. The summed E-state index contributed by atoms with van der Waals surface area (Å²) in [6.45, 7) is 3.36. The Morgan fingerprint density at radius 3 is 2.30 bits per heavy atom. The highest BCUT2D eigenvalue weighted by Gasteiger charge is 2.20. The molecule has 4 heteroatoms. The molecule has 2 rings (SSSR count). The average molecular weight is 276 g/mol. The highest BCUT2D eigenvalue weighted by molar-refractivity contribution is 6.10. The van der Waals surface area contributed by atoms with Crippen LogP contribution in [0.25, 0.3) is 0 Å². The molecular weight excluding hydrogens is 262 g/mol. The van der Waals surface area contributed by atoms with E-state index in [1.807, 2.05) is 0 Å². The molecule has 2 nitrogen and oxygen atoms in total. The molecule has 2 aromatic carbocycles. The predicted molar refractivity (Wildman–Crippen MR) is 72.3 cm³/mol. The van der Waals surface area contributed by atoms with Crippen molar-refractivity contribution in [2.24, 2.45) is 0 Å². The maximum atomic E-state index is 14.0. The van der Waals surface area contributed by atoms with E-state index < -0.39 is 17.4 Å². The number of hydrogen-bond donors (Lipinski definition) is 0. The molecule has 0 atom stereocenters. The van der Waals surface area contributed by atoms with Crippen molar-refractivity contribution in [2.75, 3.05) is 7.11 Å². The molecule has 2 aromatic rings. The Morgan fingerprint density at radius 1 is 1.05 bits per heavy atom. The maximum absolute atomic E-state index is 14.0. The number of halogens is 2. The van der Waals surface area contributed by atoms with Crippen LogP contribution in [0.1, 0.15) is 27.0 Å². The number of carbonyl (C=O) groups excluding carboxylic acids is 1. The Hall–Kier alpha value is -2.23. The van der Waals surface area contributed by atoms with E-state index in [-0.39, 0.29) is 11.1 Å². The van der Waals surface area contributed by atoms with Gasteiger partial charge in [0.15, 0.2) is 5.78 Å². The summed E-state index contributed by atoms with van der Waals surface area (Å²) >= 11 is 0. The maximum Gasteiger partial charge on any atom is 0.199 e. The molecule has 0 spiro atoms. The molecule has 0 aliphatic rings. The first kappa shape index (κ1) is 14.2. The second-order valence-electron chi connectivity index (χ2n) is 4.61. The van der Waals surface area contributed by atoms with Gasteiger partial charge in [0.2, 0.25) is 0 Å². The fraction of sp³-hybridized carbons (Fsp3) is 0.188. The standard InChI is InChI=1S/C16H14F2O2/c1-9-6-10(2)15(14(18)7-9)16(19)12-5-4-11(20-3)8-13(12)17/h4-8H,1-3H3. The minimum absolute atomic E-state index is 0.0975. The van der Waals surface area contributed by atoms with Crippen LogP contribution in [0.4, 0.5) is 8.78 Å². The van der Waals surface area contributed by atoms with Crippen molar-refractivity contribution in [1.29, 1.82) is 0 Å². The van der Waals surface area contributed by atoms with Crippen LogP contribution in [-0.2, 0) is 0 Å². The van der Waals surface area contributed by atoms with Crippen molar-refractivity contribution in [1.82, 2.24) is 0 Å².